The number of rotatable bonds is 7. The number of methoxy groups -OCH3 is 2. The van der Waals surface area contributed by atoms with E-state index in [4.69, 9.17) is 9.47 Å². The van der Waals surface area contributed by atoms with Crippen LogP contribution in [0.15, 0.2) is 73.1 Å². The number of nitrogens with one attached hydrogen (secondary N) is 1. The molecule has 2 aromatic carbocycles. The van der Waals surface area contributed by atoms with E-state index in [1.54, 1.807) is 48.8 Å². The lowest BCUT2D eigenvalue weighted by Crippen LogP contribution is -2.23. The molecule has 0 aliphatic carbocycles. The molecule has 0 radical (unpaired) electrons. The summed E-state index contributed by atoms with van der Waals surface area (Å²) in [7, 11) is 2.39. The fourth-order valence-electron chi connectivity index (χ4n) is 3.58. The van der Waals surface area contributed by atoms with Crippen LogP contribution >= 0.6 is 0 Å². The van der Waals surface area contributed by atoms with Gasteiger partial charge < -0.3 is 19.5 Å². The average Bonchev–Trinajstić information content (AvgIpc) is 2.94. The molecule has 0 saturated heterocycles. The number of carbonyl (C=O) groups is 4. The quantitative estimate of drug-likeness (QED) is 0.299. The van der Waals surface area contributed by atoms with Gasteiger partial charge in [0.25, 0.3) is 5.91 Å². The third kappa shape index (κ3) is 5.59. The molecule has 186 valence electrons. The molecule has 2 aromatic heterocycles. The first-order valence-electron chi connectivity index (χ1n) is 11.0. The van der Waals surface area contributed by atoms with Gasteiger partial charge in [-0.3, -0.25) is 9.78 Å². The molecule has 4 rings (SSSR count). The summed E-state index contributed by atoms with van der Waals surface area (Å²) in [5, 5.41) is 3.04. The van der Waals surface area contributed by atoms with E-state index in [1.165, 1.54) is 32.4 Å². The number of carbonyl (C=O) groups excluding carboxylic acids is 4. The molecular weight excluding hydrogens is 478 g/mol. The Morgan fingerprint density at radius 1 is 0.838 bits per heavy atom. The molecular formula is C27H21N3O7. The molecule has 4 aromatic rings. The lowest BCUT2D eigenvalue weighted by atomic mass is 10.1. The van der Waals surface area contributed by atoms with Gasteiger partial charge in [-0.15, -0.1) is 0 Å². The molecule has 10 heteroatoms. The number of fused-ring (bicyclic) bond motifs is 1. The van der Waals surface area contributed by atoms with Gasteiger partial charge in [0, 0.05) is 23.3 Å². The van der Waals surface area contributed by atoms with Crippen molar-refractivity contribution in [3.63, 3.8) is 0 Å². The van der Waals surface area contributed by atoms with Gasteiger partial charge in [0.2, 0.25) is 0 Å². The van der Waals surface area contributed by atoms with Crippen LogP contribution in [0.2, 0.25) is 0 Å². The number of pyridine rings is 2. The van der Waals surface area contributed by atoms with Crippen molar-refractivity contribution < 1.29 is 33.4 Å². The number of para-hydroxylation sites is 1. The number of hydrogen-bond donors (Lipinski definition) is 1. The summed E-state index contributed by atoms with van der Waals surface area (Å²) >= 11 is 0. The summed E-state index contributed by atoms with van der Waals surface area (Å²) in [5.74, 6) is -2.86. The lowest BCUT2D eigenvalue weighted by molar-refractivity contribution is -0.119. The fourth-order valence-corrected chi connectivity index (χ4v) is 3.58. The van der Waals surface area contributed by atoms with Crippen LogP contribution in [0.25, 0.3) is 22.2 Å². The highest BCUT2D eigenvalue weighted by Gasteiger charge is 2.20. The zero-order valence-electron chi connectivity index (χ0n) is 19.9. The predicted molar refractivity (Wildman–Crippen MR) is 133 cm³/mol. The minimum Gasteiger partial charge on any atom is -0.465 e. The summed E-state index contributed by atoms with van der Waals surface area (Å²) in [6.07, 6.45) is 3.26. The van der Waals surface area contributed by atoms with Crippen LogP contribution < -0.4 is 5.32 Å². The smallest absolute Gasteiger partial charge is 0.339 e. The standard InChI is InChI=1S/C27H21N3O7/c1-35-25(32)16-9-10-19(26(33)36-2)23(12-16)30-24(31)15-37-27(34)20-13-22(17-6-5-11-28-14-17)29-21-8-4-3-7-18(20)21/h3-14H,15H2,1-2H3,(H,30,31). The van der Waals surface area contributed by atoms with Crippen LogP contribution in [-0.2, 0) is 19.0 Å². The van der Waals surface area contributed by atoms with Crippen molar-refractivity contribution in [2.75, 3.05) is 26.1 Å². The van der Waals surface area contributed by atoms with E-state index in [9.17, 15) is 19.2 Å². The van der Waals surface area contributed by atoms with Gasteiger partial charge in [0.15, 0.2) is 6.61 Å². The Hall–Kier alpha value is -5.12. The topological polar surface area (TPSA) is 134 Å². The van der Waals surface area contributed by atoms with Crippen LogP contribution in [0.3, 0.4) is 0 Å². The Morgan fingerprint density at radius 2 is 1.62 bits per heavy atom. The highest BCUT2D eigenvalue weighted by molar-refractivity contribution is 6.07. The van der Waals surface area contributed by atoms with Crippen molar-refractivity contribution in [1.29, 1.82) is 0 Å². The zero-order chi connectivity index (χ0) is 26.4. The van der Waals surface area contributed by atoms with Gasteiger partial charge in [-0.2, -0.15) is 0 Å². The molecule has 1 amide bonds. The summed E-state index contributed by atoms with van der Waals surface area (Å²) in [4.78, 5) is 58.3. The highest BCUT2D eigenvalue weighted by Crippen LogP contribution is 2.25. The van der Waals surface area contributed by atoms with Crippen molar-refractivity contribution >= 4 is 40.4 Å². The molecule has 1 N–H and O–H groups in total. The monoisotopic (exact) mass is 499 g/mol. The van der Waals surface area contributed by atoms with Gasteiger partial charge in [-0.1, -0.05) is 18.2 Å². The van der Waals surface area contributed by atoms with E-state index in [-0.39, 0.29) is 22.4 Å². The number of ether oxygens (including phenoxy) is 3. The van der Waals surface area contributed by atoms with E-state index in [0.29, 0.717) is 22.2 Å². The molecule has 0 aliphatic rings. The summed E-state index contributed by atoms with van der Waals surface area (Å²) in [5.41, 5.74) is 2.14. The molecule has 0 saturated carbocycles. The first-order valence-corrected chi connectivity index (χ1v) is 11.0. The first kappa shape index (κ1) is 25.0. The van der Waals surface area contributed by atoms with E-state index in [2.05, 4.69) is 20.0 Å². The largest absolute Gasteiger partial charge is 0.465 e. The fraction of sp³-hybridized carbons (Fsp3) is 0.111. The Balaban J connectivity index is 1.56. The molecule has 2 heterocycles. The zero-order valence-corrected chi connectivity index (χ0v) is 19.9. The number of benzene rings is 2. The van der Waals surface area contributed by atoms with Crippen LogP contribution in [-0.4, -0.2) is 54.6 Å². The second kappa shape index (κ2) is 11.1. The van der Waals surface area contributed by atoms with Gasteiger partial charge in [0.1, 0.15) is 0 Å². The van der Waals surface area contributed by atoms with Crippen LogP contribution in [0.1, 0.15) is 31.1 Å². The minimum atomic E-state index is -0.740. The summed E-state index contributed by atoms with van der Waals surface area (Å²) < 4.78 is 14.7. The molecule has 0 unspecified atom stereocenters. The second-order valence-electron chi connectivity index (χ2n) is 7.68. The average molecular weight is 499 g/mol. The number of amides is 1. The summed E-state index contributed by atoms with van der Waals surface area (Å²) in [6.45, 7) is -0.652. The molecule has 10 nitrogen and oxygen atoms in total. The van der Waals surface area contributed by atoms with Crippen molar-refractivity contribution in [3.05, 3.63) is 89.7 Å². The summed E-state index contributed by atoms with van der Waals surface area (Å²) in [6, 6.07) is 16.2. The molecule has 37 heavy (non-hydrogen) atoms. The molecule has 0 fully saturated rings. The van der Waals surface area contributed by atoms with Gasteiger partial charge in [0.05, 0.1) is 47.8 Å². The third-order valence-corrected chi connectivity index (χ3v) is 5.35. The number of anilines is 1. The maximum atomic E-state index is 13.0. The number of aromatic nitrogens is 2. The maximum Gasteiger partial charge on any atom is 0.339 e. The molecule has 0 bridgehead atoms. The number of nitrogens with zero attached hydrogens (tertiary/aromatic N) is 2. The maximum absolute atomic E-state index is 13.0. The minimum absolute atomic E-state index is 0.00373. The van der Waals surface area contributed by atoms with E-state index >= 15 is 0 Å². The molecule has 0 aliphatic heterocycles. The van der Waals surface area contributed by atoms with Crippen LogP contribution in [0.4, 0.5) is 5.69 Å². The van der Waals surface area contributed by atoms with E-state index in [1.807, 2.05) is 6.07 Å². The van der Waals surface area contributed by atoms with Crippen LogP contribution in [0.5, 0.6) is 0 Å². The Kier molecular flexibility index (Phi) is 7.48. The predicted octanol–water partition coefficient (Wildman–Crippen LogP) is 3.67. The molecule has 0 spiro atoms. The first-order chi connectivity index (χ1) is 17.9. The van der Waals surface area contributed by atoms with Crippen molar-refractivity contribution in [3.8, 4) is 11.3 Å². The Labute approximate surface area is 211 Å². The lowest BCUT2D eigenvalue weighted by Gasteiger charge is -2.12. The van der Waals surface area contributed by atoms with Crippen LogP contribution in [0, 0.1) is 0 Å². The Morgan fingerprint density at radius 3 is 2.35 bits per heavy atom. The van der Waals surface area contributed by atoms with E-state index < -0.39 is 30.4 Å². The number of esters is 3. The van der Waals surface area contributed by atoms with Crippen molar-refractivity contribution in [1.82, 2.24) is 9.97 Å². The van der Waals surface area contributed by atoms with Gasteiger partial charge in [-0.25, -0.2) is 19.4 Å². The second-order valence-corrected chi connectivity index (χ2v) is 7.68. The SMILES string of the molecule is COC(=O)c1ccc(C(=O)OC)c(NC(=O)COC(=O)c2cc(-c3cccnc3)nc3ccccc23)c1. The number of hydrogen-bond acceptors (Lipinski definition) is 9. The normalized spacial score (nSPS) is 10.4. The molecule has 0 atom stereocenters. The van der Waals surface area contributed by atoms with E-state index in [0.717, 1.165) is 0 Å². The Bertz CT molecular complexity index is 1500. The van der Waals surface area contributed by atoms with Crippen molar-refractivity contribution in [2.24, 2.45) is 0 Å². The van der Waals surface area contributed by atoms with Crippen molar-refractivity contribution in [2.45, 2.75) is 0 Å². The van der Waals surface area contributed by atoms with Gasteiger partial charge in [-0.05, 0) is 42.5 Å². The third-order valence-electron chi connectivity index (χ3n) is 5.35. The van der Waals surface area contributed by atoms with Gasteiger partial charge >= 0.3 is 17.9 Å². The highest BCUT2D eigenvalue weighted by atomic mass is 16.5.